The highest BCUT2D eigenvalue weighted by atomic mass is 28.4. The van der Waals surface area contributed by atoms with Crippen molar-refractivity contribution in [2.75, 3.05) is 11.5 Å². The maximum Gasteiger partial charge on any atom is 0.455 e. The van der Waals surface area contributed by atoms with Crippen LogP contribution in [0, 0.1) is 17.8 Å². The van der Waals surface area contributed by atoms with Crippen LogP contribution in [0.2, 0.25) is 11.4 Å². The van der Waals surface area contributed by atoms with Crippen LogP contribution in [0.15, 0.2) is 120 Å². The average molecular weight is 876 g/mol. The predicted octanol–water partition coefficient (Wildman–Crippen LogP) is 9.58. The summed E-state index contributed by atoms with van der Waals surface area (Å²) in [6.45, 7) is 8.29. The van der Waals surface area contributed by atoms with Crippen molar-refractivity contribution >= 4 is 49.4 Å². The van der Waals surface area contributed by atoms with Crippen LogP contribution in [0.25, 0.3) is 6.08 Å². The zero-order chi connectivity index (χ0) is 44.8. The third kappa shape index (κ3) is 8.81. The molecule has 2 fully saturated rings. The Morgan fingerprint density at radius 1 is 0.839 bits per heavy atom. The molecule has 2 N–H and O–H groups in total. The number of allylic oxidation sites excluding steroid dienone is 1. The summed E-state index contributed by atoms with van der Waals surface area (Å²) in [5.41, 5.74) is -0.936. The number of imide groups is 1. The van der Waals surface area contributed by atoms with E-state index >= 15 is 0 Å². The number of aromatic hydroxyl groups is 1. The number of rotatable bonds is 11. The summed E-state index contributed by atoms with van der Waals surface area (Å²) in [6, 6.07) is 27.2. The molecule has 0 bridgehead atoms. The Morgan fingerprint density at radius 3 is 1.92 bits per heavy atom. The maximum atomic E-state index is 14.6. The number of benzene rings is 4. The third-order valence-electron chi connectivity index (χ3n) is 12.5. The quantitative estimate of drug-likeness (QED) is 0.0675. The minimum Gasteiger partial charge on any atom is -0.508 e. The summed E-state index contributed by atoms with van der Waals surface area (Å²) >= 11 is 0. The molecule has 7 nitrogen and oxygen atoms in total. The first kappa shape index (κ1) is 45.1. The number of amides is 2. The van der Waals surface area contributed by atoms with Gasteiger partial charge in [-0.15, -0.1) is 0 Å². The summed E-state index contributed by atoms with van der Waals surface area (Å²) in [5, 5.41) is 22.6. The number of carbonyl (C=O) groups excluding carboxylic acids is 2. The lowest BCUT2D eigenvalue weighted by Gasteiger charge is -2.46. The number of halogens is 6. The van der Waals surface area contributed by atoms with Gasteiger partial charge in [0.15, 0.2) is 0 Å². The smallest absolute Gasteiger partial charge is 0.455 e. The van der Waals surface area contributed by atoms with E-state index in [1.807, 2.05) is 73.7 Å². The molecule has 0 spiro atoms. The Bertz CT molecular complexity index is 2280. The number of anilines is 1. The first-order chi connectivity index (χ1) is 29.2. The summed E-state index contributed by atoms with van der Waals surface area (Å²) < 4.78 is 97.9. The summed E-state index contributed by atoms with van der Waals surface area (Å²) in [6.07, 6.45) is -7.91. The van der Waals surface area contributed by atoms with E-state index in [1.165, 1.54) is 0 Å². The maximum absolute atomic E-state index is 14.6. The van der Waals surface area contributed by atoms with Crippen molar-refractivity contribution in [1.82, 2.24) is 0 Å². The molecule has 2 saturated heterocycles. The molecular formula is C47H48BF6NO6Si. The molecule has 0 saturated carbocycles. The van der Waals surface area contributed by atoms with Gasteiger partial charge >= 0.3 is 19.5 Å². The van der Waals surface area contributed by atoms with Crippen LogP contribution in [0.5, 0.6) is 5.75 Å². The molecule has 4 aromatic rings. The molecule has 0 aromatic heterocycles. The number of hydrogen-bond donors (Lipinski definition) is 2. The minimum absolute atomic E-state index is 0.0223. The van der Waals surface area contributed by atoms with Crippen molar-refractivity contribution < 1.29 is 55.1 Å². The second-order valence-corrected chi connectivity index (χ2v) is 21.6. The monoisotopic (exact) mass is 875 g/mol. The van der Waals surface area contributed by atoms with Gasteiger partial charge in [-0.1, -0.05) is 112 Å². The van der Waals surface area contributed by atoms with Gasteiger partial charge < -0.3 is 19.2 Å². The molecular weight excluding hydrogens is 827 g/mol. The number of nitrogens with zero attached hydrogens (tertiary/aromatic N) is 1. The van der Waals surface area contributed by atoms with Crippen LogP contribution in [-0.4, -0.2) is 50.1 Å². The van der Waals surface area contributed by atoms with Gasteiger partial charge in [0.05, 0.1) is 41.4 Å². The Balaban J connectivity index is 1.34. The molecule has 2 heterocycles. The first-order valence-corrected chi connectivity index (χ1v) is 22.6. The van der Waals surface area contributed by atoms with E-state index < -0.39 is 85.3 Å². The third-order valence-corrected chi connectivity index (χ3v) is 17.4. The molecule has 1 aliphatic carbocycles. The van der Waals surface area contributed by atoms with Gasteiger partial charge in [-0.2, -0.15) is 26.3 Å². The fourth-order valence-corrected chi connectivity index (χ4v) is 14.2. The van der Waals surface area contributed by atoms with Crippen molar-refractivity contribution in [3.8, 4) is 5.75 Å². The Morgan fingerprint density at radius 2 is 1.40 bits per heavy atom. The highest BCUT2D eigenvalue weighted by molar-refractivity contribution is 6.99. The van der Waals surface area contributed by atoms with Gasteiger partial charge in [-0.05, 0) is 100 Å². The fourth-order valence-electron chi connectivity index (χ4n) is 9.65. The van der Waals surface area contributed by atoms with E-state index in [0.29, 0.717) is 47.4 Å². The van der Waals surface area contributed by atoms with E-state index in [2.05, 4.69) is 20.8 Å². The topological polar surface area (TPSA) is 96.3 Å². The molecule has 0 radical (unpaired) electrons. The zero-order valence-electron chi connectivity index (χ0n) is 34.8. The molecule has 15 heteroatoms. The lowest BCUT2D eigenvalue weighted by Crippen LogP contribution is -2.66. The Hall–Kier alpha value is -4.96. The van der Waals surface area contributed by atoms with Gasteiger partial charge in [0.1, 0.15) is 5.75 Å². The van der Waals surface area contributed by atoms with Crippen LogP contribution in [0.3, 0.4) is 0 Å². The molecule has 2 aliphatic heterocycles. The second kappa shape index (κ2) is 17.3. The van der Waals surface area contributed by atoms with E-state index in [9.17, 15) is 46.1 Å². The number of phenols is 1. The number of phenolic OH excluding ortho intramolecular Hbond substituents is 1. The molecule has 326 valence electrons. The van der Waals surface area contributed by atoms with E-state index in [-0.39, 0.29) is 31.2 Å². The largest absolute Gasteiger partial charge is 0.508 e. The molecule has 7 rings (SSSR count). The molecule has 0 unspecified atom stereocenters. The lowest BCUT2D eigenvalue weighted by atomic mass is 9.58. The molecule has 62 heavy (non-hydrogen) atoms. The normalized spacial score (nSPS) is 21.4. The number of carbonyl (C=O) groups is 2. The summed E-state index contributed by atoms with van der Waals surface area (Å²) in [7, 11) is -4.61. The Labute approximate surface area is 358 Å². The number of alkyl halides is 6. The van der Waals surface area contributed by atoms with Crippen LogP contribution >= 0.6 is 0 Å². The van der Waals surface area contributed by atoms with E-state index in [0.717, 1.165) is 21.5 Å². The van der Waals surface area contributed by atoms with Crippen molar-refractivity contribution in [1.29, 1.82) is 0 Å². The summed E-state index contributed by atoms with van der Waals surface area (Å²) in [5.74, 6) is -4.94. The van der Waals surface area contributed by atoms with Gasteiger partial charge in [0.25, 0.3) is 8.32 Å². The van der Waals surface area contributed by atoms with Crippen molar-refractivity contribution in [3.05, 3.63) is 137 Å². The van der Waals surface area contributed by atoms with Gasteiger partial charge in [-0.25, -0.2) is 4.90 Å². The van der Waals surface area contributed by atoms with Crippen molar-refractivity contribution in [2.45, 2.75) is 83.2 Å². The van der Waals surface area contributed by atoms with Crippen molar-refractivity contribution in [3.63, 3.8) is 0 Å². The highest BCUT2D eigenvalue weighted by Crippen LogP contribution is 2.52. The minimum atomic E-state index is -5.21. The van der Waals surface area contributed by atoms with Crippen LogP contribution in [0.1, 0.15) is 70.1 Å². The first-order valence-electron chi connectivity index (χ1n) is 20.7. The van der Waals surface area contributed by atoms with Gasteiger partial charge in [0.2, 0.25) is 11.8 Å². The fraction of sp³-hybridized carbons (Fsp3) is 0.362. The SMILES string of the molecule is CC/C(=C\c1ccc(O)cc1)CC[C@H]1OB(O)C[C@H]2C1=C(CO[Si](c1ccccc1)(c1ccccc1)C(C)(C)C)C[C@H]1C(=O)N(c3cc(C(F)(F)F)cc(C(F)(F)F)c3)C(=O)[C@H]12. The number of fused-ring (bicyclic) bond motifs is 3. The standard InChI is InChI=1S/C47H48BF6NO6Si/c1-5-29(22-30-16-19-35(56)20-17-30)18-21-40-41-31(28-60-62(45(2,3)4,36-12-8-6-9-13-36)37-14-10-7-11-15-37)23-38-42(39(41)27-48(59)61-40)44(58)55(43(38)57)34-25-32(46(49,50)51)24-33(26-34)47(52,53)54/h6-17,19-20,22,24-26,38-40,42,56,59H,5,18,21,23,27-28H2,1-4H3/b29-22+/t38-,39+,40-,42-/m1/s1. The molecule has 2 amide bonds. The van der Waals surface area contributed by atoms with Gasteiger partial charge in [0, 0.05) is 0 Å². The average Bonchev–Trinajstić information content (AvgIpc) is 3.47. The molecule has 3 aliphatic rings. The lowest BCUT2D eigenvalue weighted by molar-refractivity contribution is -0.143. The van der Waals surface area contributed by atoms with Crippen LogP contribution in [-0.2, 0) is 31.0 Å². The van der Waals surface area contributed by atoms with Crippen molar-refractivity contribution in [2.24, 2.45) is 17.8 Å². The zero-order valence-corrected chi connectivity index (χ0v) is 35.8. The second-order valence-electron chi connectivity index (χ2n) is 17.3. The van der Waals surface area contributed by atoms with E-state index in [4.69, 9.17) is 9.08 Å². The molecule has 4 atom stereocenters. The van der Waals surface area contributed by atoms with Crippen LogP contribution in [0.4, 0.5) is 32.0 Å². The molecule has 4 aromatic carbocycles. The summed E-state index contributed by atoms with van der Waals surface area (Å²) in [4.78, 5) is 29.5. The van der Waals surface area contributed by atoms with Gasteiger partial charge in [-0.3, -0.25) is 9.59 Å². The number of hydrogen-bond acceptors (Lipinski definition) is 6. The van der Waals surface area contributed by atoms with E-state index in [1.54, 1.807) is 24.3 Å². The predicted molar refractivity (Wildman–Crippen MR) is 228 cm³/mol. The Kier molecular flexibility index (Phi) is 12.6. The van der Waals surface area contributed by atoms with Crippen LogP contribution < -0.4 is 15.3 Å². The highest BCUT2D eigenvalue weighted by Gasteiger charge is 2.59.